The van der Waals surface area contributed by atoms with Gasteiger partial charge in [0.2, 0.25) is 17.8 Å². The molecule has 0 radical (unpaired) electrons. The number of carbonyl (C=O) groups is 3. The molecule has 0 spiro atoms. The van der Waals surface area contributed by atoms with Crippen molar-refractivity contribution < 1.29 is 19.1 Å². The molecule has 0 saturated carbocycles. The average molecular weight is 755 g/mol. The lowest BCUT2D eigenvalue weighted by Gasteiger charge is -2.19. The maximum absolute atomic E-state index is 11.9. The Hall–Kier alpha value is -6.06. The van der Waals surface area contributed by atoms with Gasteiger partial charge in [-0.05, 0) is 39.8 Å². The molecule has 4 rings (SSSR count). The van der Waals surface area contributed by atoms with E-state index < -0.39 is 23.3 Å². The van der Waals surface area contributed by atoms with Crippen molar-refractivity contribution in [3.05, 3.63) is 70.4 Å². The molecule has 0 aliphatic heterocycles. The van der Waals surface area contributed by atoms with Gasteiger partial charge in [0.1, 0.15) is 5.76 Å². The van der Waals surface area contributed by atoms with E-state index in [4.69, 9.17) is 67.8 Å². The first-order valence-electron chi connectivity index (χ1n) is 13.4. The van der Waals surface area contributed by atoms with Crippen LogP contribution >= 0.6 is 35.6 Å². The summed E-state index contributed by atoms with van der Waals surface area (Å²) >= 11 is 11.3. The Bertz CT molecular complexity index is 1870. The number of ether oxygens (including phenoxy) is 1. The van der Waals surface area contributed by atoms with Crippen molar-refractivity contribution in [2.24, 2.45) is 16.5 Å². The molecule has 2 amide bonds. The van der Waals surface area contributed by atoms with Gasteiger partial charge in [-0.1, -0.05) is 23.2 Å². The van der Waals surface area contributed by atoms with Gasteiger partial charge in [-0.25, -0.2) is 34.1 Å². The molecular weight excluding hydrogens is 721 g/mol. The molecule has 0 unspecified atom stereocenters. The van der Waals surface area contributed by atoms with Crippen molar-refractivity contribution in [2.45, 2.75) is 33.2 Å². The van der Waals surface area contributed by atoms with Crippen molar-refractivity contribution in [3.8, 4) is 0 Å². The molecule has 4 aromatic rings. The van der Waals surface area contributed by atoms with Crippen LogP contribution in [0, 0.1) is 5.41 Å². The number of aromatic nitrogens is 8. The summed E-state index contributed by atoms with van der Waals surface area (Å²) < 4.78 is 7.46. The number of hydrogen-bond acceptors (Lipinski definition) is 15. The van der Waals surface area contributed by atoms with Gasteiger partial charge in [0.15, 0.2) is 45.0 Å². The number of amides is 2. The van der Waals surface area contributed by atoms with E-state index in [1.54, 1.807) is 24.5 Å². The zero-order chi connectivity index (χ0) is 37.1. The van der Waals surface area contributed by atoms with Crippen LogP contribution < -0.4 is 39.7 Å². The van der Waals surface area contributed by atoms with Crippen molar-refractivity contribution in [1.29, 1.82) is 5.41 Å². The van der Waals surface area contributed by atoms with Crippen LogP contribution in [0.1, 0.15) is 48.7 Å². The number of carbonyl (C=O) groups excluding carboxylic acids is 3. The molecule has 14 N–H and O–H groups in total. The number of nitrogens with two attached hydrogens (primary N) is 6. The average Bonchev–Trinajstić information content (AvgIpc) is 3.72. The number of rotatable bonds is 4. The Kier molecular flexibility index (Phi) is 15.5. The summed E-state index contributed by atoms with van der Waals surface area (Å²) in [6, 6.07) is 3.34. The molecule has 0 aliphatic rings. The molecule has 0 aliphatic carbocycles. The fourth-order valence-electron chi connectivity index (χ4n) is 3.03. The summed E-state index contributed by atoms with van der Waals surface area (Å²) in [5.41, 5.74) is 31.6. The third kappa shape index (κ3) is 13.2. The van der Waals surface area contributed by atoms with Gasteiger partial charge in [0, 0.05) is 36.4 Å². The molecule has 268 valence electrons. The standard InChI is InChI=1S/C13H18ClN5O3.C9H9ClN8O.C4H6N4.ClH/c1-6(5-7(20)19-13(2,3)4)22-12(21)8-10(15)18-11(16)9(14)17-8;10-5-7(12)16-6(11)4(15-5)8(19)17-9(13)18-3-1-2-14-18;5-4(6)8-3-1-2-7-8;/h5H,1-4H3,(H,19,20)(H4,15,16,18);1-3H,(H4,11,12,16)(H2,13,17,19);1-3H,(H3,5,6);1H/b6-5+;;;. The zero-order valence-corrected chi connectivity index (χ0v) is 29.2. The second-order valence-corrected chi connectivity index (χ2v) is 10.9. The highest BCUT2D eigenvalue weighted by Crippen LogP contribution is 2.19. The molecule has 0 bridgehead atoms. The van der Waals surface area contributed by atoms with Crippen molar-refractivity contribution in [3.63, 3.8) is 0 Å². The molecule has 4 aromatic heterocycles. The van der Waals surface area contributed by atoms with E-state index in [-0.39, 0.29) is 75.1 Å². The molecule has 0 atom stereocenters. The van der Waals surface area contributed by atoms with Crippen LogP contribution in [0.25, 0.3) is 0 Å². The number of aliphatic imine (C=N–C) groups is 1. The molecule has 0 saturated heterocycles. The molecule has 21 nitrogen and oxygen atoms in total. The first kappa shape index (κ1) is 42.0. The molecule has 24 heteroatoms. The fraction of sp³-hybridized carbons (Fsp3) is 0.192. The minimum absolute atomic E-state index is 0. The lowest BCUT2D eigenvalue weighted by atomic mass is 10.1. The molecule has 4 heterocycles. The van der Waals surface area contributed by atoms with E-state index in [1.165, 1.54) is 28.7 Å². The van der Waals surface area contributed by atoms with Gasteiger partial charge in [0.25, 0.3) is 0 Å². The minimum Gasteiger partial charge on any atom is -0.426 e. The maximum Gasteiger partial charge on any atom is 0.365 e. The van der Waals surface area contributed by atoms with Gasteiger partial charge in [-0.2, -0.15) is 15.2 Å². The smallest absolute Gasteiger partial charge is 0.365 e. The highest BCUT2D eigenvalue weighted by Gasteiger charge is 2.19. The number of halogens is 3. The molecular formula is C26H34Cl3N17O4. The Balaban J connectivity index is 0.000000405. The van der Waals surface area contributed by atoms with Crippen LogP contribution in [-0.2, 0) is 9.53 Å². The largest absolute Gasteiger partial charge is 0.426 e. The van der Waals surface area contributed by atoms with Crippen molar-refractivity contribution in [1.82, 2.24) is 44.8 Å². The van der Waals surface area contributed by atoms with Gasteiger partial charge >= 0.3 is 11.9 Å². The minimum atomic E-state index is -0.885. The number of allylic oxidation sites excluding steroid dienone is 1. The summed E-state index contributed by atoms with van der Waals surface area (Å²) in [5.74, 6) is -2.74. The third-order valence-corrected chi connectivity index (χ3v) is 5.55. The third-order valence-electron chi connectivity index (χ3n) is 5.00. The van der Waals surface area contributed by atoms with E-state index in [0.717, 1.165) is 6.08 Å². The number of anilines is 4. The number of nitrogen functional groups attached to an aromatic ring is 5. The molecule has 0 fully saturated rings. The van der Waals surface area contributed by atoms with E-state index >= 15 is 0 Å². The maximum atomic E-state index is 11.9. The summed E-state index contributed by atoms with van der Waals surface area (Å²) in [6.07, 6.45) is 7.34. The number of nitrogens with one attached hydrogen (secondary N) is 2. The number of hydrogen-bond donors (Lipinski definition) is 8. The van der Waals surface area contributed by atoms with Crippen LogP contribution in [0.4, 0.5) is 23.3 Å². The zero-order valence-electron chi connectivity index (χ0n) is 26.8. The van der Waals surface area contributed by atoms with Gasteiger partial charge < -0.3 is 44.5 Å². The van der Waals surface area contributed by atoms with Crippen LogP contribution in [0.5, 0.6) is 0 Å². The fourth-order valence-corrected chi connectivity index (χ4v) is 3.28. The van der Waals surface area contributed by atoms with E-state index in [9.17, 15) is 14.4 Å². The quantitative estimate of drug-likeness (QED) is 0.0469. The lowest BCUT2D eigenvalue weighted by molar-refractivity contribution is -0.117. The predicted octanol–water partition coefficient (Wildman–Crippen LogP) is 0.810. The highest BCUT2D eigenvalue weighted by atomic mass is 35.5. The Morgan fingerprint density at radius 2 is 1.34 bits per heavy atom. The summed E-state index contributed by atoms with van der Waals surface area (Å²) in [7, 11) is 0. The van der Waals surface area contributed by atoms with E-state index in [1.807, 2.05) is 20.8 Å². The SMILES string of the molecule is C/C(=C\C(=O)NC(C)(C)C)OC(=O)c1nc(Cl)c(N)nc1N.Cl.N=C(N)n1cccn1.NC(=NC(=O)c1nc(Cl)c(N)nc1N)n1cccn1. The second kappa shape index (κ2) is 18.5. The van der Waals surface area contributed by atoms with Crippen LogP contribution in [0.15, 0.2) is 53.7 Å². The van der Waals surface area contributed by atoms with Gasteiger partial charge in [0.05, 0.1) is 0 Å². The highest BCUT2D eigenvalue weighted by molar-refractivity contribution is 6.32. The van der Waals surface area contributed by atoms with Gasteiger partial charge in [-0.15, -0.1) is 12.4 Å². The first-order chi connectivity index (χ1) is 22.8. The van der Waals surface area contributed by atoms with E-state index in [2.05, 4.69) is 40.4 Å². The topological polar surface area (TPSA) is 352 Å². The van der Waals surface area contributed by atoms with Gasteiger partial charge in [-0.3, -0.25) is 15.0 Å². The Morgan fingerprint density at radius 1 is 0.860 bits per heavy atom. The normalized spacial score (nSPS) is 11.1. The predicted molar refractivity (Wildman–Crippen MR) is 189 cm³/mol. The first-order valence-corrected chi connectivity index (χ1v) is 14.2. The Labute approximate surface area is 300 Å². The number of esters is 1. The summed E-state index contributed by atoms with van der Waals surface area (Å²) in [4.78, 5) is 53.8. The Morgan fingerprint density at radius 3 is 1.78 bits per heavy atom. The number of nitrogens with zero attached hydrogens (tertiary/aromatic N) is 9. The summed E-state index contributed by atoms with van der Waals surface area (Å²) in [5, 5.41) is 16.7. The summed E-state index contributed by atoms with van der Waals surface area (Å²) in [6.45, 7) is 6.93. The van der Waals surface area contributed by atoms with Crippen LogP contribution in [-0.4, -0.2) is 74.7 Å². The monoisotopic (exact) mass is 753 g/mol. The van der Waals surface area contributed by atoms with E-state index in [0.29, 0.717) is 0 Å². The van der Waals surface area contributed by atoms with Crippen LogP contribution in [0.3, 0.4) is 0 Å². The van der Waals surface area contributed by atoms with Crippen LogP contribution in [0.2, 0.25) is 10.3 Å². The van der Waals surface area contributed by atoms with Crippen molar-refractivity contribution in [2.75, 3.05) is 22.9 Å². The van der Waals surface area contributed by atoms with Crippen molar-refractivity contribution >= 4 is 88.6 Å². The lowest BCUT2D eigenvalue weighted by Crippen LogP contribution is -2.39. The molecule has 0 aromatic carbocycles. The molecule has 50 heavy (non-hydrogen) atoms. The second-order valence-electron chi connectivity index (χ2n) is 10.2.